The molecule has 0 saturated heterocycles. The second-order valence-electron chi connectivity index (χ2n) is 6.85. The molecule has 164 valence electrons. The van der Waals surface area contributed by atoms with Crippen molar-refractivity contribution in [2.24, 2.45) is 0 Å². The minimum absolute atomic E-state index is 0.148. The number of furan rings is 1. The number of halogens is 3. The van der Waals surface area contributed by atoms with E-state index in [9.17, 15) is 14.4 Å². The molecule has 0 aliphatic heterocycles. The molecular weight excluding hydrogens is 484 g/mol. The molecule has 2 heterocycles. The summed E-state index contributed by atoms with van der Waals surface area (Å²) in [5, 5.41) is 13.4. The lowest BCUT2D eigenvalue weighted by Crippen LogP contribution is -2.13. The Kier molecular flexibility index (Phi) is 6.90. The maximum atomic E-state index is 13.1. The van der Waals surface area contributed by atoms with E-state index in [0.717, 1.165) is 10.4 Å². The van der Waals surface area contributed by atoms with Gasteiger partial charge < -0.3 is 4.42 Å². The van der Waals surface area contributed by atoms with E-state index < -0.39 is 5.91 Å². The minimum Gasteiger partial charge on any atom is -0.457 e. The molecule has 0 unspecified atom stereocenters. The highest BCUT2D eigenvalue weighted by Gasteiger charge is 2.14. The third-order valence-electron chi connectivity index (χ3n) is 4.58. The van der Waals surface area contributed by atoms with Crippen molar-refractivity contribution in [3.05, 3.63) is 98.4 Å². The Bertz CT molecular complexity index is 1390. The molecule has 4 rings (SSSR count). The largest absolute Gasteiger partial charge is 0.457 e. The quantitative estimate of drug-likeness (QED) is 0.230. The van der Waals surface area contributed by atoms with Crippen molar-refractivity contribution in [1.82, 2.24) is 4.98 Å². The number of amides is 1. The van der Waals surface area contributed by atoms with Gasteiger partial charge in [-0.15, -0.1) is 11.3 Å². The van der Waals surface area contributed by atoms with Crippen molar-refractivity contribution >= 4 is 51.7 Å². The van der Waals surface area contributed by atoms with E-state index in [1.807, 2.05) is 18.2 Å². The average molecular weight is 498 g/mol. The number of benzene rings is 2. The molecule has 5 nitrogen and oxygen atoms in total. The van der Waals surface area contributed by atoms with E-state index >= 15 is 0 Å². The molecule has 0 saturated carbocycles. The zero-order valence-corrected chi connectivity index (χ0v) is 19.1. The highest BCUT2D eigenvalue weighted by atomic mass is 35.5. The summed E-state index contributed by atoms with van der Waals surface area (Å²) in [4.78, 5) is 17.6. The summed E-state index contributed by atoms with van der Waals surface area (Å²) in [6.45, 7) is 0. The molecule has 0 aliphatic carbocycles. The first-order chi connectivity index (χ1) is 15.9. The van der Waals surface area contributed by atoms with Crippen LogP contribution in [0.25, 0.3) is 17.4 Å². The van der Waals surface area contributed by atoms with E-state index in [1.54, 1.807) is 36.5 Å². The van der Waals surface area contributed by atoms with Crippen LogP contribution >= 0.6 is 34.5 Å². The SMILES string of the molecule is N#CC(=Cc1ccc(-c2ccc(F)cc2)o1)C(=O)Nc1ncc(Cc2cccc(Cl)c2Cl)s1. The van der Waals surface area contributed by atoms with E-state index in [4.69, 9.17) is 27.6 Å². The first-order valence-corrected chi connectivity index (χ1v) is 11.2. The smallest absolute Gasteiger partial charge is 0.268 e. The lowest BCUT2D eigenvalue weighted by molar-refractivity contribution is -0.112. The molecule has 0 fully saturated rings. The fourth-order valence-corrected chi connectivity index (χ4v) is 4.19. The second kappa shape index (κ2) is 10.0. The van der Waals surface area contributed by atoms with Gasteiger partial charge in [0.05, 0.1) is 10.0 Å². The first-order valence-electron chi connectivity index (χ1n) is 9.59. The van der Waals surface area contributed by atoms with Crippen molar-refractivity contribution in [3.63, 3.8) is 0 Å². The van der Waals surface area contributed by atoms with Gasteiger partial charge in [0.2, 0.25) is 0 Å². The molecule has 0 atom stereocenters. The molecule has 0 aliphatic rings. The van der Waals surface area contributed by atoms with Crippen LogP contribution in [-0.2, 0) is 11.2 Å². The molecule has 9 heteroatoms. The van der Waals surface area contributed by atoms with Crippen LogP contribution in [0.5, 0.6) is 0 Å². The molecule has 0 spiro atoms. The molecule has 2 aromatic heterocycles. The van der Waals surface area contributed by atoms with Crippen LogP contribution < -0.4 is 5.32 Å². The fourth-order valence-electron chi connectivity index (χ4n) is 2.97. The van der Waals surface area contributed by atoms with E-state index in [0.29, 0.717) is 38.7 Å². The number of nitrogens with one attached hydrogen (secondary N) is 1. The van der Waals surface area contributed by atoms with Crippen molar-refractivity contribution in [1.29, 1.82) is 5.26 Å². The van der Waals surface area contributed by atoms with E-state index in [-0.39, 0.29) is 11.4 Å². The van der Waals surface area contributed by atoms with Crippen LogP contribution in [0.3, 0.4) is 0 Å². The predicted octanol–water partition coefficient (Wildman–Crippen LogP) is 6.99. The molecule has 0 bridgehead atoms. The average Bonchev–Trinajstić information content (AvgIpc) is 3.45. The highest BCUT2D eigenvalue weighted by molar-refractivity contribution is 7.15. The zero-order chi connectivity index (χ0) is 23.4. The summed E-state index contributed by atoms with van der Waals surface area (Å²) in [5.74, 6) is -0.159. The lowest BCUT2D eigenvalue weighted by atomic mass is 10.1. The summed E-state index contributed by atoms with van der Waals surface area (Å²) < 4.78 is 18.8. The second-order valence-corrected chi connectivity index (χ2v) is 8.75. The number of nitrogens with zero attached hydrogens (tertiary/aromatic N) is 2. The van der Waals surface area contributed by atoms with Gasteiger partial charge in [-0.05, 0) is 48.0 Å². The Morgan fingerprint density at radius 2 is 1.97 bits per heavy atom. The topological polar surface area (TPSA) is 78.9 Å². The number of aromatic nitrogens is 1. The summed E-state index contributed by atoms with van der Waals surface area (Å²) in [7, 11) is 0. The number of carbonyl (C=O) groups is 1. The van der Waals surface area contributed by atoms with Crippen molar-refractivity contribution < 1.29 is 13.6 Å². The Morgan fingerprint density at radius 3 is 2.73 bits per heavy atom. The minimum atomic E-state index is -0.612. The van der Waals surface area contributed by atoms with Gasteiger partial charge in [0.1, 0.15) is 29.0 Å². The number of hydrogen-bond donors (Lipinski definition) is 1. The van der Waals surface area contributed by atoms with Gasteiger partial charge >= 0.3 is 0 Å². The van der Waals surface area contributed by atoms with E-state index in [1.165, 1.54) is 29.5 Å². The van der Waals surface area contributed by atoms with Crippen molar-refractivity contribution in [2.45, 2.75) is 6.42 Å². The van der Waals surface area contributed by atoms with Gasteiger partial charge in [0, 0.05) is 29.1 Å². The molecule has 1 N–H and O–H groups in total. The van der Waals surface area contributed by atoms with Gasteiger partial charge in [-0.25, -0.2) is 9.37 Å². The Labute approximate surface area is 202 Å². The first kappa shape index (κ1) is 22.7. The zero-order valence-electron chi connectivity index (χ0n) is 16.8. The normalized spacial score (nSPS) is 11.3. The third kappa shape index (κ3) is 5.49. The number of thiazole rings is 1. The van der Waals surface area contributed by atoms with Crippen LogP contribution in [0.2, 0.25) is 10.0 Å². The third-order valence-corrected chi connectivity index (χ3v) is 6.35. The molecule has 0 radical (unpaired) electrons. The summed E-state index contributed by atoms with van der Waals surface area (Å²) in [5.41, 5.74) is 1.37. The Morgan fingerprint density at radius 1 is 1.18 bits per heavy atom. The van der Waals surface area contributed by atoms with Crippen LogP contribution in [0, 0.1) is 17.1 Å². The maximum absolute atomic E-state index is 13.1. The summed E-state index contributed by atoms with van der Waals surface area (Å²) >= 11 is 13.6. The van der Waals surface area contributed by atoms with Gasteiger partial charge in [0.15, 0.2) is 5.13 Å². The van der Waals surface area contributed by atoms with Crippen LogP contribution in [0.15, 0.2) is 70.8 Å². The Hall–Kier alpha value is -3.44. The van der Waals surface area contributed by atoms with Gasteiger partial charge in [-0.3, -0.25) is 10.1 Å². The molecule has 33 heavy (non-hydrogen) atoms. The molecular formula is C24H14Cl2FN3O2S. The summed E-state index contributed by atoms with van der Waals surface area (Å²) in [6, 6.07) is 16.4. The predicted molar refractivity (Wildman–Crippen MR) is 128 cm³/mol. The van der Waals surface area contributed by atoms with E-state index in [2.05, 4.69) is 10.3 Å². The van der Waals surface area contributed by atoms with Crippen LogP contribution in [-0.4, -0.2) is 10.9 Å². The highest BCUT2D eigenvalue weighted by Crippen LogP contribution is 2.30. The molecule has 4 aromatic rings. The Balaban J connectivity index is 1.45. The van der Waals surface area contributed by atoms with Gasteiger partial charge in [0.25, 0.3) is 5.91 Å². The van der Waals surface area contributed by atoms with Crippen LogP contribution in [0.4, 0.5) is 9.52 Å². The standard InChI is InChI=1S/C24H14Cl2FN3O2S/c25-20-3-1-2-15(22(20)26)11-19-13-29-24(33-19)30-23(31)16(12-28)10-18-8-9-21(32-18)14-4-6-17(27)7-5-14/h1-10,13H,11H2,(H,29,30,31). The van der Waals surface area contributed by atoms with Crippen molar-refractivity contribution in [3.8, 4) is 17.4 Å². The van der Waals surface area contributed by atoms with Crippen molar-refractivity contribution in [2.75, 3.05) is 5.32 Å². The van der Waals surface area contributed by atoms with Gasteiger partial charge in [-0.2, -0.15) is 5.26 Å². The number of hydrogen-bond acceptors (Lipinski definition) is 5. The van der Waals surface area contributed by atoms with Crippen LogP contribution in [0.1, 0.15) is 16.2 Å². The number of nitriles is 1. The number of anilines is 1. The molecule has 2 aromatic carbocycles. The fraction of sp³-hybridized carbons (Fsp3) is 0.0417. The van der Waals surface area contributed by atoms with Gasteiger partial charge in [-0.1, -0.05) is 35.3 Å². The maximum Gasteiger partial charge on any atom is 0.268 e. The summed E-state index contributed by atoms with van der Waals surface area (Å²) in [6.07, 6.45) is 3.48. The number of carbonyl (C=O) groups excluding carboxylic acids is 1. The number of rotatable bonds is 6. The lowest BCUT2D eigenvalue weighted by Gasteiger charge is -2.03. The monoisotopic (exact) mass is 497 g/mol. The molecule has 1 amide bonds.